The van der Waals surface area contributed by atoms with Crippen molar-refractivity contribution in [3.63, 3.8) is 0 Å². The zero-order valence-electron chi connectivity index (χ0n) is 9.78. The van der Waals surface area contributed by atoms with Crippen molar-refractivity contribution in [3.8, 4) is 0 Å². The van der Waals surface area contributed by atoms with Crippen molar-refractivity contribution in [2.24, 2.45) is 0 Å². The third-order valence-electron chi connectivity index (χ3n) is 2.69. The molecule has 1 aliphatic heterocycles. The molecule has 0 bridgehead atoms. The van der Waals surface area contributed by atoms with Gasteiger partial charge >= 0.3 is 0 Å². The summed E-state index contributed by atoms with van der Waals surface area (Å²) in [5, 5.41) is 4.37. The van der Waals surface area contributed by atoms with Gasteiger partial charge in [-0.1, -0.05) is 0 Å². The molecule has 1 aliphatic rings. The molecule has 5 heteroatoms. The summed E-state index contributed by atoms with van der Waals surface area (Å²) < 4.78 is 10.6. The molecule has 0 saturated carbocycles. The van der Waals surface area contributed by atoms with E-state index in [9.17, 15) is 0 Å². The summed E-state index contributed by atoms with van der Waals surface area (Å²) in [6.07, 6.45) is 1.10. The lowest BCUT2D eigenvalue weighted by Gasteiger charge is -2.00. The highest BCUT2D eigenvalue weighted by Crippen LogP contribution is 2.31. The number of nitrogens with one attached hydrogen (secondary N) is 1. The molecule has 1 fully saturated rings. The Morgan fingerprint density at radius 3 is 3.12 bits per heavy atom. The second-order valence-corrected chi connectivity index (χ2v) is 5.06. The molecule has 2 heterocycles. The van der Waals surface area contributed by atoms with Crippen LogP contribution in [-0.4, -0.2) is 32.4 Å². The van der Waals surface area contributed by atoms with Crippen LogP contribution in [0.4, 0.5) is 0 Å². The number of methoxy groups -OCH3 is 1. The van der Waals surface area contributed by atoms with Crippen molar-refractivity contribution < 1.29 is 9.47 Å². The van der Waals surface area contributed by atoms with E-state index in [0.29, 0.717) is 12.5 Å². The lowest BCUT2D eigenvalue weighted by Crippen LogP contribution is -2.06. The Morgan fingerprint density at radius 2 is 2.50 bits per heavy atom. The molecular formula is C11H18N2O2S. The second-order valence-electron chi connectivity index (χ2n) is 3.95. The van der Waals surface area contributed by atoms with Crippen molar-refractivity contribution in [1.29, 1.82) is 0 Å². The van der Waals surface area contributed by atoms with E-state index in [2.05, 4.69) is 10.3 Å². The monoisotopic (exact) mass is 242 g/mol. The SMILES string of the molecule is CNCc1sc(C2CCOC2)nc1COC. The van der Waals surface area contributed by atoms with E-state index in [4.69, 9.17) is 9.47 Å². The van der Waals surface area contributed by atoms with E-state index in [-0.39, 0.29) is 0 Å². The van der Waals surface area contributed by atoms with E-state index < -0.39 is 0 Å². The first kappa shape index (κ1) is 12.0. The Kier molecular flexibility index (Phi) is 4.29. The molecule has 90 valence electrons. The normalized spacial score (nSPS) is 20.5. The minimum atomic E-state index is 0.492. The van der Waals surface area contributed by atoms with Gasteiger partial charge < -0.3 is 14.8 Å². The molecule has 1 atom stereocenters. The lowest BCUT2D eigenvalue weighted by atomic mass is 10.1. The quantitative estimate of drug-likeness (QED) is 0.850. The molecule has 1 aromatic rings. The smallest absolute Gasteiger partial charge is 0.0987 e. The Morgan fingerprint density at radius 1 is 1.62 bits per heavy atom. The van der Waals surface area contributed by atoms with E-state index in [1.807, 2.05) is 7.05 Å². The number of thiazole rings is 1. The number of ether oxygens (including phenoxy) is 2. The van der Waals surface area contributed by atoms with Crippen LogP contribution in [0.5, 0.6) is 0 Å². The van der Waals surface area contributed by atoms with Gasteiger partial charge in [0.15, 0.2) is 0 Å². The topological polar surface area (TPSA) is 43.4 Å². The molecule has 2 rings (SSSR count). The van der Waals surface area contributed by atoms with Crippen molar-refractivity contribution in [3.05, 3.63) is 15.6 Å². The number of rotatable bonds is 5. The fourth-order valence-corrected chi connectivity index (χ4v) is 3.06. The minimum absolute atomic E-state index is 0.492. The second kappa shape index (κ2) is 5.72. The molecule has 1 aromatic heterocycles. The molecule has 1 N–H and O–H groups in total. The maximum absolute atomic E-state index is 5.40. The molecule has 0 spiro atoms. The molecule has 0 radical (unpaired) electrons. The maximum Gasteiger partial charge on any atom is 0.0987 e. The zero-order chi connectivity index (χ0) is 11.4. The summed E-state index contributed by atoms with van der Waals surface area (Å²) in [5.41, 5.74) is 1.07. The predicted molar refractivity (Wildman–Crippen MR) is 63.8 cm³/mol. The van der Waals surface area contributed by atoms with Crippen LogP contribution >= 0.6 is 11.3 Å². The molecule has 16 heavy (non-hydrogen) atoms. The van der Waals surface area contributed by atoms with Crippen LogP contribution in [0.25, 0.3) is 0 Å². The number of hydrogen-bond donors (Lipinski definition) is 1. The summed E-state index contributed by atoms with van der Waals surface area (Å²) in [6.45, 7) is 3.15. The molecule has 1 saturated heterocycles. The highest BCUT2D eigenvalue weighted by atomic mass is 32.1. The first-order valence-electron chi connectivity index (χ1n) is 5.55. The summed E-state index contributed by atoms with van der Waals surface area (Å²) in [6, 6.07) is 0. The summed E-state index contributed by atoms with van der Waals surface area (Å²) in [5.74, 6) is 0.492. The van der Waals surface area contributed by atoms with Crippen LogP contribution < -0.4 is 5.32 Å². The van der Waals surface area contributed by atoms with Crippen molar-refractivity contribution in [1.82, 2.24) is 10.3 Å². The minimum Gasteiger partial charge on any atom is -0.381 e. The van der Waals surface area contributed by atoms with E-state index >= 15 is 0 Å². The van der Waals surface area contributed by atoms with Crippen LogP contribution in [0.1, 0.15) is 27.9 Å². The van der Waals surface area contributed by atoms with Crippen LogP contribution in [0, 0.1) is 0 Å². The van der Waals surface area contributed by atoms with Crippen molar-refractivity contribution in [2.75, 3.05) is 27.4 Å². The summed E-state index contributed by atoms with van der Waals surface area (Å²) >= 11 is 1.79. The molecule has 0 amide bonds. The van der Waals surface area contributed by atoms with Crippen molar-refractivity contribution in [2.45, 2.75) is 25.5 Å². The summed E-state index contributed by atoms with van der Waals surface area (Å²) in [4.78, 5) is 5.96. The van der Waals surface area contributed by atoms with Gasteiger partial charge in [0.25, 0.3) is 0 Å². The van der Waals surface area contributed by atoms with Gasteiger partial charge in [0, 0.05) is 31.1 Å². The number of hydrogen-bond acceptors (Lipinski definition) is 5. The number of nitrogens with zero attached hydrogens (tertiary/aromatic N) is 1. The van der Waals surface area contributed by atoms with Gasteiger partial charge in [-0.2, -0.15) is 0 Å². The highest BCUT2D eigenvalue weighted by molar-refractivity contribution is 7.11. The van der Waals surface area contributed by atoms with Crippen LogP contribution in [-0.2, 0) is 22.6 Å². The Labute approximate surface area is 100.0 Å². The van der Waals surface area contributed by atoms with Gasteiger partial charge in [-0.05, 0) is 13.5 Å². The molecule has 0 aliphatic carbocycles. The third-order valence-corrected chi connectivity index (χ3v) is 3.95. The standard InChI is InChI=1S/C11H18N2O2S/c1-12-5-10-9(7-14-2)13-11(16-10)8-3-4-15-6-8/h8,12H,3-7H2,1-2H3. The fraction of sp³-hybridized carbons (Fsp3) is 0.727. The van der Waals surface area contributed by atoms with E-state index in [1.54, 1.807) is 18.4 Å². The largest absolute Gasteiger partial charge is 0.381 e. The van der Waals surface area contributed by atoms with Crippen molar-refractivity contribution >= 4 is 11.3 Å². The molecular weight excluding hydrogens is 224 g/mol. The number of aromatic nitrogens is 1. The van der Waals surface area contributed by atoms with Gasteiger partial charge in [-0.15, -0.1) is 11.3 Å². The van der Waals surface area contributed by atoms with E-state index in [0.717, 1.165) is 31.9 Å². The van der Waals surface area contributed by atoms with Crippen LogP contribution in [0.15, 0.2) is 0 Å². The average molecular weight is 242 g/mol. The molecule has 4 nitrogen and oxygen atoms in total. The first-order valence-corrected chi connectivity index (χ1v) is 6.36. The fourth-order valence-electron chi connectivity index (χ4n) is 1.86. The van der Waals surface area contributed by atoms with Gasteiger partial charge in [0.05, 0.1) is 23.9 Å². The van der Waals surface area contributed by atoms with Gasteiger partial charge in [0.2, 0.25) is 0 Å². The van der Waals surface area contributed by atoms with Gasteiger partial charge in [-0.25, -0.2) is 4.98 Å². The Hall–Kier alpha value is -0.490. The first-order chi connectivity index (χ1) is 7.85. The predicted octanol–water partition coefficient (Wildman–Crippen LogP) is 1.51. The third kappa shape index (κ3) is 2.60. The Bertz CT molecular complexity index is 311. The maximum atomic E-state index is 5.40. The molecule has 1 unspecified atom stereocenters. The van der Waals surface area contributed by atoms with Crippen LogP contribution in [0.2, 0.25) is 0 Å². The highest BCUT2D eigenvalue weighted by Gasteiger charge is 2.22. The van der Waals surface area contributed by atoms with Crippen LogP contribution in [0.3, 0.4) is 0 Å². The summed E-state index contributed by atoms with van der Waals surface area (Å²) in [7, 11) is 3.66. The lowest BCUT2D eigenvalue weighted by molar-refractivity contribution is 0.180. The van der Waals surface area contributed by atoms with Gasteiger partial charge in [-0.3, -0.25) is 0 Å². The average Bonchev–Trinajstić information content (AvgIpc) is 2.89. The Balaban J connectivity index is 2.15. The van der Waals surface area contributed by atoms with Gasteiger partial charge in [0.1, 0.15) is 0 Å². The molecule has 0 aromatic carbocycles. The zero-order valence-corrected chi connectivity index (χ0v) is 10.6. The van der Waals surface area contributed by atoms with E-state index in [1.165, 1.54) is 9.88 Å².